The summed E-state index contributed by atoms with van der Waals surface area (Å²) in [6, 6.07) is 0. The van der Waals surface area contributed by atoms with Gasteiger partial charge >= 0.3 is 0 Å². The van der Waals surface area contributed by atoms with Crippen LogP contribution in [-0.2, 0) is 0 Å². The highest BCUT2D eigenvalue weighted by Gasteiger charge is 1.76. The van der Waals surface area contributed by atoms with Crippen molar-refractivity contribution in [2.24, 2.45) is 5.73 Å². The van der Waals surface area contributed by atoms with Crippen LogP contribution in [0.25, 0.3) is 0 Å². The van der Waals surface area contributed by atoms with E-state index in [4.69, 9.17) is 10.8 Å². The van der Waals surface area contributed by atoms with Crippen LogP contribution in [0, 0.1) is 0 Å². The summed E-state index contributed by atoms with van der Waals surface area (Å²) in [4.78, 5) is 0. The van der Waals surface area contributed by atoms with Crippen molar-refractivity contribution >= 4 is 0 Å². The summed E-state index contributed by atoms with van der Waals surface area (Å²) < 4.78 is 0. The maximum atomic E-state index is 8.14. The van der Waals surface area contributed by atoms with Gasteiger partial charge in [0.1, 0.15) is 0 Å². The number of unbranched alkanes of at least 4 members (excludes halogenated alkanes) is 1. The molecule has 2 nitrogen and oxygen atoms in total. The lowest BCUT2D eigenvalue weighted by molar-refractivity contribution is 0.285. The fourth-order valence-electron chi connectivity index (χ4n) is 0.256. The Balaban J connectivity index is 0. The van der Waals surface area contributed by atoms with Gasteiger partial charge in [-0.3, -0.25) is 0 Å². The van der Waals surface area contributed by atoms with E-state index in [0.29, 0.717) is 6.54 Å². The van der Waals surface area contributed by atoms with Gasteiger partial charge in [0.25, 0.3) is 0 Å². The molecule has 0 aliphatic carbocycles. The van der Waals surface area contributed by atoms with Gasteiger partial charge < -0.3 is 10.8 Å². The van der Waals surface area contributed by atoms with Crippen molar-refractivity contribution in [3.05, 3.63) is 12.7 Å². The molecule has 3 N–H and O–H groups in total. The highest BCUT2D eigenvalue weighted by atomic mass is 16.2. The SMILES string of the molecule is C=CCC.NCCCCO. The van der Waals surface area contributed by atoms with Crippen LogP contribution in [0.2, 0.25) is 0 Å². The highest BCUT2D eigenvalue weighted by Crippen LogP contribution is 1.79. The normalized spacial score (nSPS) is 7.90. The molecular weight excluding hydrogens is 126 g/mol. The Kier molecular flexibility index (Phi) is 19.6. The van der Waals surface area contributed by atoms with E-state index in [1.165, 1.54) is 0 Å². The van der Waals surface area contributed by atoms with Gasteiger partial charge in [-0.15, -0.1) is 6.58 Å². The van der Waals surface area contributed by atoms with Gasteiger partial charge in [0, 0.05) is 6.61 Å². The van der Waals surface area contributed by atoms with Crippen LogP contribution in [-0.4, -0.2) is 18.3 Å². The molecule has 0 saturated heterocycles. The number of hydrogen-bond donors (Lipinski definition) is 2. The van der Waals surface area contributed by atoms with Gasteiger partial charge in [-0.1, -0.05) is 13.0 Å². The molecule has 0 fully saturated rings. The number of allylic oxidation sites excluding steroid dienone is 1. The standard InChI is InChI=1S/C4H11NO.C4H8/c5-3-1-2-4-6;1-3-4-2/h6H,1-5H2;3H,1,4H2,2H3. The minimum absolute atomic E-state index is 0.275. The number of hydrogen-bond acceptors (Lipinski definition) is 2. The molecule has 0 rings (SSSR count). The van der Waals surface area contributed by atoms with Crippen LogP contribution in [0.1, 0.15) is 26.2 Å². The van der Waals surface area contributed by atoms with Gasteiger partial charge in [0.05, 0.1) is 0 Å². The van der Waals surface area contributed by atoms with Crippen molar-refractivity contribution in [1.82, 2.24) is 0 Å². The van der Waals surface area contributed by atoms with Crippen molar-refractivity contribution in [1.29, 1.82) is 0 Å². The number of nitrogens with two attached hydrogens (primary N) is 1. The predicted molar refractivity (Wildman–Crippen MR) is 45.9 cm³/mol. The Morgan fingerprint density at radius 3 is 2.10 bits per heavy atom. The van der Waals surface area contributed by atoms with E-state index < -0.39 is 0 Å². The molecule has 0 amide bonds. The third-order valence-corrected chi connectivity index (χ3v) is 0.901. The minimum atomic E-state index is 0.275. The molecule has 0 aromatic heterocycles. The molecule has 2 heteroatoms. The molecule has 0 unspecified atom stereocenters. The molecule has 10 heavy (non-hydrogen) atoms. The van der Waals surface area contributed by atoms with Gasteiger partial charge in [0.2, 0.25) is 0 Å². The maximum absolute atomic E-state index is 8.14. The van der Waals surface area contributed by atoms with Gasteiger partial charge in [-0.25, -0.2) is 0 Å². The van der Waals surface area contributed by atoms with E-state index in [9.17, 15) is 0 Å². The van der Waals surface area contributed by atoms with Crippen molar-refractivity contribution in [3.8, 4) is 0 Å². The lowest BCUT2D eigenvalue weighted by Crippen LogP contribution is -1.98. The average Bonchev–Trinajstić information content (AvgIpc) is 2.01. The Bertz CT molecular complexity index is 51.2. The molecule has 0 spiro atoms. The van der Waals surface area contributed by atoms with Crippen molar-refractivity contribution in [2.75, 3.05) is 13.2 Å². The topological polar surface area (TPSA) is 46.2 Å². The fraction of sp³-hybridized carbons (Fsp3) is 0.750. The smallest absolute Gasteiger partial charge is 0.0431 e. The molecule has 0 aromatic rings. The van der Waals surface area contributed by atoms with E-state index in [1.54, 1.807) is 0 Å². The first-order valence-electron chi connectivity index (χ1n) is 3.75. The molecular formula is C8H19NO. The molecule has 0 atom stereocenters. The van der Waals surface area contributed by atoms with E-state index in [1.807, 2.05) is 6.08 Å². The van der Waals surface area contributed by atoms with Gasteiger partial charge in [-0.05, 0) is 25.8 Å². The summed E-state index contributed by atoms with van der Waals surface area (Å²) in [6.45, 7) is 6.51. The Morgan fingerprint density at radius 1 is 1.50 bits per heavy atom. The lowest BCUT2D eigenvalue weighted by Gasteiger charge is -1.86. The molecule has 62 valence electrons. The molecule has 0 aliphatic rings. The summed E-state index contributed by atoms with van der Waals surface area (Å²) in [7, 11) is 0. The molecule has 0 radical (unpaired) electrons. The summed E-state index contributed by atoms with van der Waals surface area (Å²) in [5.41, 5.74) is 5.10. The van der Waals surface area contributed by atoms with Crippen molar-refractivity contribution in [3.63, 3.8) is 0 Å². The Labute approximate surface area is 63.7 Å². The van der Waals surface area contributed by atoms with Crippen molar-refractivity contribution < 1.29 is 5.11 Å². The fourth-order valence-corrected chi connectivity index (χ4v) is 0.256. The minimum Gasteiger partial charge on any atom is -0.396 e. The molecule has 0 heterocycles. The molecule has 0 aliphatic heterocycles. The third-order valence-electron chi connectivity index (χ3n) is 0.901. The second kappa shape index (κ2) is 15.9. The molecule has 0 saturated carbocycles. The third kappa shape index (κ3) is 25.4. The molecule has 0 bridgehead atoms. The van der Waals surface area contributed by atoms with Crippen molar-refractivity contribution in [2.45, 2.75) is 26.2 Å². The zero-order valence-corrected chi connectivity index (χ0v) is 6.84. The number of aliphatic hydroxyl groups excluding tert-OH is 1. The van der Waals surface area contributed by atoms with Gasteiger partial charge in [-0.2, -0.15) is 0 Å². The average molecular weight is 145 g/mol. The van der Waals surface area contributed by atoms with E-state index in [2.05, 4.69) is 13.5 Å². The lowest BCUT2D eigenvalue weighted by atomic mass is 10.3. The summed E-state index contributed by atoms with van der Waals surface area (Å²) in [6.07, 6.45) is 4.74. The van der Waals surface area contributed by atoms with E-state index in [0.717, 1.165) is 19.3 Å². The summed E-state index contributed by atoms with van der Waals surface area (Å²) in [5, 5.41) is 8.14. The van der Waals surface area contributed by atoms with E-state index in [-0.39, 0.29) is 6.61 Å². The first-order chi connectivity index (χ1) is 4.83. The first-order valence-corrected chi connectivity index (χ1v) is 3.75. The zero-order valence-electron chi connectivity index (χ0n) is 6.84. The number of rotatable bonds is 4. The zero-order chi connectivity index (χ0) is 8.24. The van der Waals surface area contributed by atoms with Crippen LogP contribution in [0.15, 0.2) is 12.7 Å². The Morgan fingerprint density at radius 2 is 2.00 bits per heavy atom. The summed E-state index contributed by atoms with van der Waals surface area (Å²) >= 11 is 0. The Hall–Kier alpha value is -0.340. The largest absolute Gasteiger partial charge is 0.396 e. The monoisotopic (exact) mass is 145 g/mol. The first kappa shape index (κ1) is 12.3. The summed E-state index contributed by atoms with van der Waals surface area (Å²) in [5.74, 6) is 0. The maximum Gasteiger partial charge on any atom is 0.0431 e. The molecule has 0 aromatic carbocycles. The van der Waals surface area contributed by atoms with Gasteiger partial charge in [0.15, 0.2) is 0 Å². The predicted octanol–water partition coefficient (Wildman–Crippen LogP) is 1.30. The quantitative estimate of drug-likeness (QED) is 0.462. The number of aliphatic hydroxyl groups is 1. The van der Waals surface area contributed by atoms with E-state index >= 15 is 0 Å². The van der Waals surface area contributed by atoms with Crippen LogP contribution in [0.3, 0.4) is 0 Å². The second-order valence-corrected chi connectivity index (χ2v) is 1.92. The second-order valence-electron chi connectivity index (χ2n) is 1.92. The highest BCUT2D eigenvalue weighted by molar-refractivity contribution is 4.60. The van der Waals surface area contributed by atoms with Crippen LogP contribution >= 0.6 is 0 Å². The van der Waals surface area contributed by atoms with Crippen LogP contribution in [0.5, 0.6) is 0 Å². The van der Waals surface area contributed by atoms with Crippen LogP contribution < -0.4 is 5.73 Å². The van der Waals surface area contributed by atoms with Crippen LogP contribution in [0.4, 0.5) is 0 Å².